The second-order valence-electron chi connectivity index (χ2n) is 5.71. The van der Waals surface area contributed by atoms with Crippen molar-refractivity contribution >= 4 is 17.5 Å². The van der Waals surface area contributed by atoms with E-state index >= 15 is 0 Å². The van der Waals surface area contributed by atoms with Crippen LogP contribution in [0.15, 0.2) is 36.5 Å². The lowest BCUT2D eigenvalue weighted by atomic mass is 9.94. The van der Waals surface area contributed by atoms with E-state index in [-0.39, 0.29) is 0 Å². The molecule has 4 heteroatoms. The number of para-hydroxylation sites is 1. The highest BCUT2D eigenvalue weighted by Gasteiger charge is 2.23. The third-order valence-corrected chi connectivity index (χ3v) is 3.80. The molecule has 0 saturated carbocycles. The standard InChI is InChI=1S/C17H22N4/c1-3-9-18-17-19-10-8-16(20-17)21-12-13(2)11-14-6-4-5-7-15(14)21/h4-8,10,13H,3,9,11-12H2,1-2H3,(H,18,19,20). The molecule has 110 valence electrons. The lowest BCUT2D eigenvalue weighted by Crippen LogP contribution is -2.31. The van der Waals surface area contributed by atoms with E-state index in [1.54, 1.807) is 0 Å². The summed E-state index contributed by atoms with van der Waals surface area (Å²) in [6.45, 7) is 6.33. The molecule has 1 N–H and O–H groups in total. The third-order valence-electron chi connectivity index (χ3n) is 3.80. The summed E-state index contributed by atoms with van der Waals surface area (Å²) in [5.74, 6) is 2.31. The maximum absolute atomic E-state index is 4.67. The first-order valence-corrected chi connectivity index (χ1v) is 7.70. The molecule has 1 atom stereocenters. The molecule has 0 fully saturated rings. The van der Waals surface area contributed by atoms with Gasteiger partial charge in [0.25, 0.3) is 0 Å². The van der Waals surface area contributed by atoms with Gasteiger partial charge >= 0.3 is 0 Å². The lowest BCUT2D eigenvalue weighted by Gasteiger charge is -2.34. The van der Waals surface area contributed by atoms with Gasteiger partial charge in [-0.15, -0.1) is 0 Å². The maximum atomic E-state index is 4.67. The Balaban J connectivity index is 1.93. The SMILES string of the molecule is CCCNc1nccc(N2CC(C)Cc3ccccc32)n1. The molecule has 1 aliphatic rings. The van der Waals surface area contributed by atoms with Crippen molar-refractivity contribution in [1.82, 2.24) is 9.97 Å². The molecule has 2 aromatic rings. The summed E-state index contributed by atoms with van der Waals surface area (Å²) in [4.78, 5) is 11.3. The number of nitrogens with zero attached hydrogens (tertiary/aromatic N) is 3. The van der Waals surface area contributed by atoms with Crippen molar-refractivity contribution in [3.63, 3.8) is 0 Å². The van der Waals surface area contributed by atoms with Crippen LogP contribution in [0.25, 0.3) is 0 Å². The highest BCUT2D eigenvalue weighted by Crippen LogP contribution is 2.34. The summed E-state index contributed by atoms with van der Waals surface area (Å²) in [6.07, 6.45) is 4.04. The Kier molecular flexibility index (Phi) is 4.04. The Hall–Kier alpha value is -2.10. The van der Waals surface area contributed by atoms with Crippen LogP contribution in [-0.2, 0) is 6.42 Å². The predicted molar refractivity (Wildman–Crippen MR) is 87.1 cm³/mol. The Bertz CT molecular complexity index is 611. The molecular formula is C17H22N4. The summed E-state index contributed by atoms with van der Waals surface area (Å²) in [7, 11) is 0. The first kappa shape index (κ1) is 13.9. The van der Waals surface area contributed by atoms with Crippen molar-refractivity contribution < 1.29 is 0 Å². The molecule has 3 rings (SSSR count). The lowest BCUT2D eigenvalue weighted by molar-refractivity contribution is 0.560. The second kappa shape index (κ2) is 6.12. The molecule has 1 aliphatic heterocycles. The van der Waals surface area contributed by atoms with Gasteiger partial charge in [-0.05, 0) is 36.5 Å². The predicted octanol–water partition coefficient (Wildman–Crippen LogP) is 3.63. The van der Waals surface area contributed by atoms with E-state index < -0.39 is 0 Å². The maximum Gasteiger partial charge on any atom is 0.224 e. The van der Waals surface area contributed by atoms with Gasteiger partial charge in [-0.2, -0.15) is 4.98 Å². The van der Waals surface area contributed by atoms with Crippen LogP contribution in [0, 0.1) is 5.92 Å². The number of anilines is 3. The fourth-order valence-corrected chi connectivity index (χ4v) is 2.84. The fraction of sp³-hybridized carbons (Fsp3) is 0.412. The topological polar surface area (TPSA) is 41.1 Å². The average molecular weight is 282 g/mol. The molecule has 0 aliphatic carbocycles. The second-order valence-corrected chi connectivity index (χ2v) is 5.71. The normalized spacial score (nSPS) is 17.4. The van der Waals surface area contributed by atoms with Gasteiger partial charge < -0.3 is 10.2 Å². The number of hydrogen-bond donors (Lipinski definition) is 1. The van der Waals surface area contributed by atoms with Gasteiger partial charge in [-0.25, -0.2) is 4.98 Å². The Labute approximate surface area is 126 Å². The van der Waals surface area contributed by atoms with Crippen molar-refractivity contribution in [3.05, 3.63) is 42.1 Å². The van der Waals surface area contributed by atoms with Gasteiger partial charge in [0.1, 0.15) is 5.82 Å². The van der Waals surface area contributed by atoms with E-state index in [0.717, 1.165) is 31.7 Å². The van der Waals surface area contributed by atoms with Gasteiger partial charge in [0.15, 0.2) is 0 Å². The molecule has 0 saturated heterocycles. The highest BCUT2D eigenvalue weighted by molar-refractivity contribution is 5.66. The quantitative estimate of drug-likeness (QED) is 0.929. The van der Waals surface area contributed by atoms with Crippen LogP contribution in [0.2, 0.25) is 0 Å². The van der Waals surface area contributed by atoms with Gasteiger partial charge in [0.05, 0.1) is 0 Å². The molecular weight excluding hydrogens is 260 g/mol. The first-order valence-electron chi connectivity index (χ1n) is 7.70. The van der Waals surface area contributed by atoms with E-state index in [4.69, 9.17) is 0 Å². The largest absolute Gasteiger partial charge is 0.354 e. The smallest absolute Gasteiger partial charge is 0.224 e. The van der Waals surface area contributed by atoms with Crippen LogP contribution in [0.1, 0.15) is 25.8 Å². The van der Waals surface area contributed by atoms with Crippen LogP contribution < -0.4 is 10.2 Å². The molecule has 4 nitrogen and oxygen atoms in total. The molecule has 21 heavy (non-hydrogen) atoms. The van der Waals surface area contributed by atoms with E-state index in [1.807, 2.05) is 12.3 Å². The summed E-state index contributed by atoms with van der Waals surface area (Å²) in [5.41, 5.74) is 2.67. The molecule has 1 unspecified atom stereocenters. The zero-order chi connectivity index (χ0) is 14.7. The Morgan fingerprint density at radius 2 is 2.14 bits per heavy atom. The van der Waals surface area contributed by atoms with Crippen LogP contribution in [-0.4, -0.2) is 23.1 Å². The number of fused-ring (bicyclic) bond motifs is 1. The zero-order valence-corrected chi connectivity index (χ0v) is 12.7. The third kappa shape index (κ3) is 2.99. The van der Waals surface area contributed by atoms with Crippen molar-refractivity contribution in [2.75, 3.05) is 23.3 Å². The van der Waals surface area contributed by atoms with Crippen molar-refractivity contribution in [2.24, 2.45) is 5.92 Å². The van der Waals surface area contributed by atoms with E-state index in [1.165, 1.54) is 11.3 Å². The minimum Gasteiger partial charge on any atom is -0.354 e. The van der Waals surface area contributed by atoms with Crippen molar-refractivity contribution in [2.45, 2.75) is 26.7 Å². The number of rotatable bonds is 4. The molecule has 1 aromatic carbocycles. The summed E-state index contributed by atoms with van der Waals surface area (Å²) in [5, 5.41) is 3.26. The van der Waals surface area contributed by atoms with E-state index in [9.17, 15) is 0 Å². The minimum atomic E-state index is 0.627. The number of hydrogen-bond acceptors (Lipinski definition) is 4. The van der Waals surface area contributed by atoms with Gasteiger partial charge in [0.2, 0.25) is 5.95 Å². The molecule has 2 heterocycles. The highest BCUT2D eigenvalue weighted by atomic mass is 15.2. The molecule has 0 bridgehead atoms. The molecule has 1 aromatic heterocycles. The van der Waals surface area contributed by atoms with Gasteiger partial charge in [0, 0.05) is 25.0 Å². The van der Waals surface area contributed by atoms with E-state index in [2.05, 4.69) is 58.3 Å². The monoisotopic (exact) mass is 282 g/mol. The number of aromatic nitrogens is 2. The first-order chi connectivity index (χ1) is 10.3. The number of nitrogens with one attached hydrogen (secondary N) is 1. The van der Waals surface area contributed by atoms with Crippen LogP contribution >= 0.6 is 0 Å². The summed E-state index contributed by atoms with van der Waals surface area (Å²) < 4.78 is 0. The van der Waals surface area contributed by atoms with Gasteiger partial charge in [-0.3, -0.25) is 0 Å². The van der Waals surface area contributed by atoms with Crippen molar-refractivity contribution in [1.29, 1.82) is 0 Å². The molecule has 0 amide bonds. The van der Waals surface area contributed by atoms with Crippen LogP contribution in [0.5, 0.6) is 0 Å². The Morgan fingerprint density at radius 3 is 3.00 bits per heavy atom. The summed E-state index contributed by atoms with van der Waals surface area (Å²) >= 11 is 0. The molecule has 0 spiro atoms. The Morgan fingerprint density at radius 1 is 1.29 bits per heavy atom. The summed E-state index contributed by atoms with van der Waals surface area (Å²) in [6, 6.07) is 10.6. The fourth-order valence-electron chi connectivity index (χ4n) is 2.84. The minimum absolute atomic E-state index is 0.627. The van der Waals surface area contributed by atoms with E-state index in [0.29, 0.717) is 11.9 Å². The van der Waals surface area contributed by atoms with Crippen LogP contribution in [0.4, 0.5) is 17.5 Å². The van der Waals surface area contributed by atoms with Crippen molar-refractivity contribution in [3.8, 4) is 0 Å². The average Bonchev–Trinajstić information content (AvgIpc) is 2.52. The molecule has 0 radical (unpaired) electrons. The number of benzene rings is 1. The van der Waals surface area contributed by atoms with Gasteiger partial charge in [-0.1, -0.05) is 32.0 Å². The van der Waals surface area contributed by atoms with Crippen LogP contribution in [0.3, 0.4) is 0 Å². The zero-order valence-electron chi connectivity index (χ0n) is 12.7.